The van der Waals surface area contributed by atoms with Gasteiger partial charge in [0, 0.05) is 5.69 Å². The van der Waals surface area contributed by atoms with E-state index >= 15 is 0 Å². The summed E-state index contributed by atoms with van der Waals surface area (Å²) < 4.78 is 11.9. The van der Waals surface area contributed by atoms with Gasteiger partial charge in [-0.25, -0.2) is 0 Å². The maximum atomic E-state index is 12.7. The average molecular weight is 497 g/mol. The summed E-state index contributed by atoms with van der Waals surface area (Å²) in [4.78, 5) is 12.7. The third kappa shape index (κ3) is 5.86. The number of carbonyl (C=O) groups excluding carboxylic acids is 1. The second-order valence-corrected chi connectivity index (χ2v) is 8.59. The van der Waals surface area contributed by atoms with Gasteiger partial charge in [0.15, 0.2) is 11.5 Å². The van der Waals surface area contributed by atoms with E-state index in [1.807, 2.05) is 56.3 Å². The van der Waals surface area contributed by atoms with Crippen molar-refractivity contribution in [2.24, 2.45) is 0 Å². The van der Waals surface area contributed by atoms with Crippen LogP contribution in [0.4, 0.5) is 5.69 Å². The fourth-order valence-corrected chi connectivity index (χ4v) is 4.07. The van der Waals surface area contributed by atoms with Crippen LogP contribution < -0.4 is 14.8 Å². The molecule has 0 bridgehead atoms. The third-order valence-electron chi connectivity index (χ3n) is 5.57. The number of carbonyl (C=O) groups is 1. The zero-order valence-electron chi connectivity index (χ0n) is 20.0. The SMILES string of the molecule is CCOc1cc(/C=C(\C#N)C(=O)Nc2ccc(C)cc2)cc(Cl)c1OCc1cccc2ccccc12. The molecule has 6 heteroatoms. The van der Waals surface area contributed by atoms with Crippen LogP contribution in [0.3, 0.4) is 0 Å². The number of aryl methyl sites for hydroxylation is 1. The fourth-order valence-electron chi connectivity index (χ4n) is 3.79. The largest absolute Gasteiger partial charge is 0.490 e. The van der Waals surface area contributed by atoms with Crippen LogP contribution in [0.25, 0.3) is 16.8 Å². The number of benzene rings is 4. The zero-order valence-corrected chi connectivity index (χ0v) is 20.8. The molecule has 180 valence electrons. The van der Waals surface area contributed by atoms with Gasteiger partial charge in [-0.1, -0.05) is 71.8 Å². The van der Waals surface area contributed by atoms with Crippen molar-refractivity contribution in [3.8, 4) is 17.6 Å². The van der Waals surface area contributed by atoms with E-state index < -0.39 is 5.91 Å². The topological polar surface area (TPSA) is 71.3 Å². The zero-order chi connectivity index (χ0) is 25.5. The normalized spacial score (nSPS) is 11.1. The van der Waals surface area contributed by atoms with Crippen molar-refractivity contribution in [2.45, 2.75) is 20.5 Å². The number of hydrogen-bond donors (Lipinski definition) is 1. The smallest absolute Gasteiger partial charge is 0.266 e. The molecule has 0 fully saturated rings. The highest BCUT2D eigenvalue weighted by atomic mass is 35.5. The van der Waals surface area contributed by atoms with Crippen LogP contribution in [0.1, 0.15) is 23.6 Å². The molecule has 0 heterocycles. The van der Waals surface area contributed by atoms with E-state index in [1.54, 1.807) is 24.3 Å². The lowest BCUT2D eigenvalue weighted by molar-refractivity contribution is -0.112. The first-order valence-electron chi connectivity index (χ1n) is 11.5. The van der Waals surface area contributed by atoms with Crippen molar-refractivity contribution < 1.29 is 14.3 Å². The Kier molecular flexibility index (Phi) is 7.89. The number of halogens is 1. The minimum absolute atomic E-state index is 0.0569. The first kappa shape index (κ1) is 24.8. The summed E-state index contributed by atoms with van der Waals surface area (Å²) in [7, 11) is 0. The molecule has 1 N–H and O–H groups in total. The van der Waals surface area contributed by atoms with Gasteiger partial charge in [0.25, 0.3) is 5.91 Å². The van der Waals surface area contributed by atoms with Gasteiger partial charge in [-0.05, 0) is 66.1 Å². The fraction of sp³-hybridized carbons (Fsp3) is 0.133. The Balaban J connectivity index is 1.59. The Morgan fingerprint density at radius 3 is 2.53 bits per heavy atom. The van der Waals surface area contributed by atoms with Crippen LogP contribution in [0.2, 0.25) is 5.02 Å². The molecule has 0 aliphatic carbocycles. The molecule has 4 aromatic carbocycles. The van der Waals surface area contributed by atoms with E-state index in [2.05, 4.69) is 23.5 Å². The predicted octanol–water partition coefficient (Wildman–Crippen LogP) is 7.33. The molecule has 1 amide bonds. The van der Waals surface area contributed by atoms with Crippen LogP contribution in [0.5, 0.6) is 11.5 Å². The number of nitrogens with one attached hydrogen (secondary N) is 1. The number of anilines is 1. The number of rotatable bonds is 8. The molecule has 4 aromatic rings. The lowest BCUT2D eigenvalue weighted by Gasteiger charge is -2.15. The summed E-state index contributed by atoms with van der Waals surface area (Å²) >= 11 is 6.59. The Bertz CT molecular complexity index is 1470. The van der Waals surface area contributed by atoms with Crippen molar-refractivity contribution in [2.75, 3.05) is 11.9 Å². The molecule has 0 unspecified atom stereocenters. The van der Waals surface area contributed by atoms with Gasteiger partial charge in [-0.2, -0.15) is 5.26 Å². The molecular weight excluding hydrogens is 472 g/mol. The molecule has 36 heavy (non-hydrogen) atoms. The molecule has 0 saturated carbocycles. The summed E-state index contributed by atoms with van der Waals surface area (Å²) in [5.41, 5.74) is 3.20. The minimum Gasteiger partial charge on any atom is -0.490 e. The molecule has 0 spiro atoms. The Labute approximate surface area is 215 Å². The average Bonchev–Trinajstić information content (AvgIpc) is 2.88. The van der Waals surface area contributed by atoms with E-state index in [9.17, 15) is 10.1 Å². The molecular formula is C30H25ClN2O3. The number of fused-ring (bicyclic) bond motifs is 1. The molecule has 4 rings (SSSR count). The molecule has 0 atom stereocenters. The van der Waals surface area contributed by atoms with Crippen LogP contribution in [0.15, 0.2) is 84.4 Å². The highest BCUT2D eigenvalue weighted by Crippen LogP contribution is 2.38. The van der Waals surface area contributed by atoms with E-state index in [-0.39, 0.29) is 5.57 Å². The Morgan fingerprint density at radius 2 is 1.78 bits per heavy atom. The van der Waals surface area contributed by atoms with E-state index in [0.717, 1.165) is 21.9 Å². The molecule has 0 aromatic heterocycles. The summed E-state index contributed by atoms with van der Waals surface area (Å²) in [6, 6.07) is 26.8. The maximum absolute atomic E-state index is 12.7. The number of nitrogens with zero attached hydrogens (tertiary/aromatic N) is 1. The van der Waals surface area contributed by atoms with E-state index in [0.29, 0.717) is 41.0 Å². The van der Waals surface area contributed by atoms with Gasteiger partial charge in [0.05, 0.1) is 11.6 Å². The quantitative estimate of drug-likeness (QED) is 0.205. The van der Waals surface area contributed by atoms with Crippen molar-refractivity contribution in [1.82, 2.24) is 0 Å². The standard InChI is InChI=1S/C30H25ClN2O3/c1-3-35-28-17-21(15-24(18-32)30(34)33-25-13-11-20(2)12-14-25)16-27(31)29(28)36-19-23-9-6-8-22-7-4-5-10-26(22)23/h4-17H,3,19H2,1-2H3,(H,33,34)/b24-15+. The predicted molar refractivity (Wildman–Crippen MR) is 144 cm³/mol. The minimum atomic E-state index is -0.508. The van der Waals surface area contributed by atoms with Gasteiger partial charge >= 0.3 is 0 Å². The van der Waals surface area contributed by atoms with E-state index in [4.69, 9.17) is 21.1 Å². The highest BCUT2D eigenvalue weighted by molar-refractivity contribution is 6.32. The van der Waals surface area contributed by atoms with Crippen molar-refractivity contribution in [3.05, 3.63) is 106 Å². The number of nitriles is 1. The molecule has 0 saturated heterocycles. The lowest BCUT2D eigenvalue weighted by atomic mass is 10.1. The summed E-state index contributed by atoms with van der Waals surface area (Å²) in [6.45, 7) is 4.52. The first-order chi connectivity index (χ1) is 17.5. The van der Waals surface area contributed by atoms with Gasteiger partial charge in [0.1, 0.15) is 18.2 Å². The van der Waals surface area contributed by atoms with E-state index in [1.165, 1.54) is 6.08 Å². The van der Waals surface area contributed by atoms with Crippen molar-refractivity contribution in [1.29, 1.82) is 5.26 Å². The summed E-state index contributed by atoms with van der Waals surface area (Å²) in [5.74, 6) is 0.339. The summed E-state index contributed by atoms with van der Waals surface area (Å²) in [5, 5.41) is 14.9. The maximum Gasteiger partial charge on any atom is 0.266 e. The van der Waals surface area contributed by atoms with Crippen molar-refractivity contribution in [3.63, 3.8) is 0 Å². The number of hydrogen-bond acceptors (Lipinski definition) is 4. The summed E-state index contributed by atoms with van der Waals surface area (Å²) in [6.07, 6.45) is 1.48. The van der Waals surface area contributed by atoms with Crippen molar-refractivity contribution >= 4 is 40.0 Å². The van der Waals surface area contributed by atoms with Crippen LogP contribution in [-0.2, 0) is 11.4 Å². The van der Waals surface area contributed by atoms with Gasteiger partial charge < -0.3 is 14.8 Å². The number of amides is 1. The van der Waals surface area contributed by atoms with Gasteiger partial charge in [-0.3, -0.25) is 4.79 Å². The Hall–Kier alpha value is -4.27. The lowest BCUT2D eigenvalue weighted by Crippen LogP contribution is -2.13. The monoisotopic (exact) mass is 496 g/mol. The Morgan fingerprint density at radius 1 is 1.03 bits per heavy atom. The van der Waals surface area contributed by atoms with Crippen LogP contribution in [-0.4, -0.2) is 12.5 Å². The first-order valence-corrected chi connectivity index (χ1v) is 11.9. The van der Waals surface area contributed by atoms with Gasteiger partial charge in [-0.15, -0.1) is 0 Å². The highest BCUT2D eigenvalue weighted by Gasteiger charge is 2.15. The van der Waals surface area contributed by atoms with Crippen LogP contribution in [0, 0.1) is 18.3 Å². The van der Waals surface area contributed by atoms with Gasteiger partial charge in [0.2, 0.25) is 0 Å². The van der Waals surface area contributed by atoms with Crippen LogP contribution >= 0.6 is 11.6 Å². The molecule has 0 aliphatic heterocycles. The number of ether oxygens (including phenoxy) is 2. The molecule has 0 aliphatic rings. The third-order valence-corrected chi connectivity index (χ3v) is 5.85. The molecule has 5 nitrogen and oxygen atoms in total. The molecule has 0 radical (unpaired) electrons. The second kappa shape index (κ2) is 11.4. The second-order valence-electron chi connectivity index (χ2n) is 8.18.